The van der Waals surface area contributed by atoms with Crippen LogP contribution in [0.5, 0.6) is 0 Å². The maximum atomic E-state index is 13.1. The molecule has 0 bridgehead atoms. The third-order valence-corrected chi connectivity index (χ3v) is 4.28. The number of para-hydroxylation sites is 1. The summed E-state index contributed by atoms with van der Waals surface area (Å²) in [6, 6.07) is 18.6. The van der Waals surface area contributed by atoms with Crippen molar-refractivity contribution in [3.63, 3.8) is 0 Å². The van der Waals surface area contributed by atoms with Gasteiger partial charge in [-0.15, -0.1) is 11.3 Å². The Morgan fingerprint density at radius 2 is 1.70 bits per heavy atom. The van der Waals surface area contributed by atoms with E-state index in [2.05, 4.69) is 10.6 Å². The van der Waals surface area contributed by atoms with E-state index in [-0.39, 0.29) is 17.9 Å². The van der Waals surface area contributed by atoms with Crippen LogP contribution in [0, 0.1) is 5.82 Å². The van der Waals surface area contributed by atoms with Crippen LogP contribution >= 0.6 is 11.3 Å². The van der Waals surface area contributed by atoms with E-state index in [9.17, 15) is 9.18 Å². The Bertz CT molecular complexity index is 757. The zero-order chi connectivity index (χ0) is 16.1. The molecule has 0 radical (unpaired) electrons. The highest BCUT2D eigenvalue weighted by Crippen LogP contribution is 2.26. The molecule has 23 heavy (non-hydrogen) atoms. The molecule has 3 rings (SSSR count). The Balaban J connectivity index is 1.79. The van der Waals surface area contributed by atoms with Crippen LogP contribution in [0.4, 0.5) is 14.9 Å². The number of hydrogen-bond donors (Lipinski definition) is 2. The van der Waals surface area contributed by atoms with Crippen LogP contribution in [0.1, 0.15) is 16.5 Å². The molecule has 2 N–H and O–H groups in total. The van der Waals surface area contributed by atoms with E-state index < -0.39 is 0 Å². The van der Waals surface area contributed by atoms with Crippen LogP contribution < -0.4 is 10.6 Å². The van der Waals surface area contributed by atoms with E-state index in [0.29, 0.717) is 5.69 Å². The van der Waals surface area contributed by atoms with Crippen LogP contribution in [0.15, 0.2) is 72.1 Å². The number of carbonyl (C=O) groups excluding carboxylic acids is 1. The maximum Gasteiger partial charge on any atom is 0.320 e. The lowest BCUT2D eigenvalue weighted by Gasteiger charge is -2.18. The summed E-state index contributed by atoms with van der Waals surface area (Å²) in [7, 11) is 0. The number of urea groups is 1. The van der Waals surface area contributed by atoms with Crippen molar-refractivity contribution in [2.75, 3.05) is 5.32 Å². The van der Waals surface area contributed by atoms with Gasteiger partial charge in [-0.2, -0.15) is 0 Å². The molecule has 1 atom stereocenters. The van der Waals surface area contributed by atoms with Crippen LogP contribution in [0.3, 0.4) is 0 Å². The Hall–Kier alpha value is -2.66. The summed E-state index contributed by atoms with van der Waals surface area (Å²) in [5.74, 6) is -0.299. The smallest absolute Gasteiger partial charge is 0.320 e. The molecule has 3 nitrogen and oxygen atoms in total. The van der Waals surface area contributed by atoms with Gasteiger partial charge in [0.25, 0.3) is 0 Å². The molecule has 0 fully saturated rings. The molecule has 2 aromatic carbocycles. The molecule has 1 heterocycles. The molecule has 3 aromatic rings. The summed E-state index contributed by atoms with van der Waals surface area (Å²) in [5.41, 5.74) is 1.55. The zero-order valence-electron chi connectivity index (χ0n) is 12.2. The first-order valence-corrected chi connectivity index (χ1v) is 8.02. The molecule has 5 heteroatoms. The Morgan fingerprint density at radius 1 is 0.957 bits per heavy atom. The second-order valence-electron chi connectivity index (χ2n) is 4.96. The minimum Gasteiger partial charge on any atom is -0.326 e. The molecule has 0 aliphatic carbocycles. The van der Waals surface area contributed by atoms with Gasteiger partial charge in [0.05, 0.1) is 6.04 Å². The van der Waals surface area contributed by atoms with Gasteiger partial charge in [0.15, 0.2) is 0 Å². The third kappa shape index (κ3) is 3.96. The summed E-state index contributed by atoms with van der Waals surface area (Å²) in [6.45, 7) is 0. The first-order valence-electron chi connectivity index (χ1n) is 7.14. The van der Waals surface area contributed by atoms with E-state index >= 15 is 0 Å². The van der Waals surface area contributed by atoms with E-state index in [0.717, 1.165) is 10.4 Å². The number of nitrogens with one attached hydrogen (secondary N) is 2. The van der Waals surface area contributed by atoms with Gasteiger partial charge in [-0.1, -0.05) is 36.4 Å². The summed E-state index contributed by atoms with van der Waals surface area (Å²) in [6.07, 6.45) is 0. The molecule has 1 unspecified atom stereocenters. The van der Waals surface area contributed by atoms with Gasteiger partial charge in [-0.3, -0.25) is 0 Å². The van der Waals surface area contributed by atoms with E-state index in [1.54, 1.807) is 23.5 Å². The molecular weight excluding hydrogens is 311 g/mol. The number of hydrogen-bond acceptors (Lipinski definition) is 2. The van der Waals surface area contributed by atoms with Gasteiger partial charge >= 0.3 is 6.03 Å². The number of rotatable bonds is 4. The topological polar surface area (TPSA) is 41.1 Å². The van der Waals surface area contributed by atoms with Crippen molar-refractivity contribution in [2.45, 2.75) is 6.04 Å². The fourth-order valence-electron chi connectivity index (χ4n) is 2.25. The summed E-state index contributed by atoms with van der Waals surface area (Å²) in [4.78, 5) is 13.3. The normalized spacial score (nSPS) is 11.7. The Labute approximate surface area is 137 Å². The Morgan fingerprint density at radius 3 is 2.35 bits per heavy atom. The Kier molecular flexibility index (Phi) is 4.68. The van der Waals surface area contributed by atoms with E-state index in [1.807, 2.05) is 47.8 Å². The molecule has 2 amide bonds. The van der Waals surface area contributed by atoms with Gasteiger partial charge in [0.1, 0.15) is 5.82 Å². The average molecular weight is 326 g/mol. The van der Waals surface area contributed by atoms with E-state index in [1.165, 1.54) is 12.1 Å². The number of amides is 2. The van der Waals surface area contributed by atoms with Crippen molar-refractivity contribution < 1.29 is 9.18 Å². The highest BCUT2D eigenvalue weighted by atomic mass is 32.1. The number of thiophene rings is 1. The molecule has 0 aliphatic heterocycles. The molecule has 0 saturated heterocycles. The lowest BCUT2D eigenvalue weighted by molar-refractivity contribution is 0.250. The minimum absolute atomic E-state index is 0.299. The average Bonchev–Trinajstić information content (AvgIpc) is 3.09. The van der Waals surface area contributed by atoms with Crippen molar-refractivity contribution in [2.24, 2.45) is 0 Å². The van der Waals surface area contributed by atoms with Crippen LogP contribution in [0.25, 0.3) is 0 Å². The van der Waals surface area contributed by atoms with Gasteiger partial charge in [0, 0.05) is 10.6 Å². The SMILES string of the molecule is O=C(Nc1ccccc1)NC(c1ccc(F)cc1)c1cccs1. The predicted octanol–water partition coefficient (Wildman–Crippen LogP) is 4.80. The molecule has 0 spiro atoms. The van der Waals surface area contributed by atoms with Gasteiger partial charge in [0.2, 0.25) is 0 Å². The minimum atomic E-state index is -0.320. The maximum absolute atomic E-state index is 13.1. The first kappa shape index (κ1) is 15.2. The van der Waals surface area contributed by atoms with Crippen molar-refractivity contribution in [1.82, 2.24) is 5.32 Å². The van der Waals surface area contributed by atoms with Gasteiger partial charge in [-0.25, -0.2) is 9.18 Å². The number of carbonyl (C=O) groups is 1. The van der Waals surface area contributed by atoms with Crippen molar-refractivity contribution in [3.05, 3.63) is 88.4 Å². The second-order valence-corrected chi connectivity index (χ2v) is 5.94. The van der Waals surface area contributed by atoms with Crippen molar-refractivity contribution in [1.29, 1.82) is 0 Å². The van der Waals surface area contributed by atoms with Crippen molar-refractivity contribution in [3.8, 4) is 0 Å². The molecule has 1 aromatic heterocycles. The number of anilines is 1. The lowest BCUT2D eigenvalue weighted by atomic mass is 10.1. The number of benzene rings is 2. The van der Waals surface area contributed by atoms with Crippen LogP contribution in [0.2, 0.25) is 0 Å². The molecule has 116 valence electrons. The predicted molar refractivity (Wildman–Crippen MR) is 91.2 cm³/mol. The fourth-order valence-corrected chi connectivity index (χ4v) is 3.05. The largest absolute Gasteiger partial charge is 0.326 e. The highest BCUT2D eigenvalue weighted by molar-refractivity contribution is 7.10. The zero-order valence-corrected chi connectivity index (χ0v) is 13.0. The van der Waals surface area contributed by atoms with Crippen LogP contribution in [-0.4, -0.2) is 6.03 Å². The summed E-state index contributed by atoms with van der Waals surface area (Å²) in [5, 5.41) is 7.68. The highest BCUT2D eigenvalue weighted by Gasteiger charge is 2.18. The fraction of sp³-hybridized carbons (Fsp3) is 0.0556. The quantitative estimate of drug-likeness (QED) is 0.710. The van der Waals surface area contributed by atoms with Gasteiger partial charge < -0.3 is 10.6 Å². The first-order chi connectivity index (χ1) is 11.2. The molecule has 0 aliphatic rings. The monoisotopic (exact) mass is 326 g/mol. The standard InChI is InChI=1S/C18H15FN2OS/c19-14-10-8-13(9-11-14)17(16-7-4-12-23-16)21-18(22)20-15-5-2-1-3-6-15/h1-12,17H,(H2,20,21,22). The van der Waals surface area contributed by atoms with E-state index in [4.69, 9.17) is 0 Å². The van der Waals surface area contributed by atoms with Crippen LogP contribution in [-0.2, 0) is 0 Å². The summed E-state index contributed by atoms with van der Waals surface area (Å²) >= 11 is 1.54. The van der Waals surface area contributed by atoms with Crippen molar-refractivity contribution >= 4 is 23.1 Å². The lowest BCUT2D eigenvalue weighted by Crippen LogP contribution is -2.32. The second kappa shape index (κ2) is 7.07. The molecular formula is C18H15FN2OS. The third-order valence-electron chi connectivity index (χ3n) is 3.34. The van der Waals surface area contributed by atoms with Gasteiger partial charge in [-0.05, 0) is 41.3 Å². The number of halogens is 1. The molecule has 0 saturated carbocycles. The summed E-state index contributed by atoms with van der Waals surface area (Å²) < 4.78 is 13.1.